The zero-order valence-corrected chi connectivity index (χ0v) is 18.0. The van der Waals surface area contributed by atoms with Crippen LogP contribution in [0, 0.1) is 0 Å². The summed E-state index contributed by atoms with van der Waals surface area (Å²) in [5.41, 5.74) is 4.69. The van der Waals surface area contributed by atoms with Gasteiger partial charge in [-0.05, 0) is 36.2 Å². The van der Waals surface area contributed by atoms with Crippen LogP contribution in [0.4, 0.5) is 0 Å². The van der Waals surface area contributed by atoms with Gasteiger partial charge in [0, 0.05) is 56.1 Å². The molecule has 4 aromatic rings. The molecule has 2 aromatic heterocycles. The van der Waals surface area contributed by atoms with E-state index in [2.05, 4.69) is 40.2 Å². The maximum Gasteiger partial charge on any atom is 0.254 e. The Hall–Kier alpha value is -3.57. The van der Waals surface area contributed by atoms with E-state index in [-0.39, 0.29) is 5.91 Å². The highest BCUT2D eigenvalue weighted by atomic mass is 16.2. The lowest BCUT2D eigenvalue weighted by Crippen LogP contribution is -2.49. The average molecular weight is 423 g/mol. The van der Waals surface area contributed by atoms with Crippen LogP contribution in [0.3, 0.4) is 0 Å². The van der Waals surface area contributed by atoms with Crippen molar-refractivity contribution in [2.75, 3.05) is 32.7 Å². The van der Waals surface area contributed by atoms with E-state index in [1.807, 2.05) is 47.4 Å². The lowest BCUT2D eigenvalue weighted by Gasteiger charge is -2.35. The Labute approximate surface area is 188 Å². The first-order valence-corrected chi connectivity index (χ1v) is 11.1. The third-order valence-corrected chi connectivity index (χ3v) is 6.14. The van der Waals surface area contributed by atoms with Crippen LogP contribution in [-0.2, 0) is 6.42 Å². The number of para-hydroxylation sites is 1. The second-order valence-corrected chi connectivity index (χ2v) is 8.18. The number of hydrogen-bond donors (Lipinski definition) is 0. The number of fused-ring (bicyclic) bond motifs is 1. The van der Waals surface area contributed by atoms with Gasteiger partial charge in [-0.3, -0.25) is 14.7 Å². The highest BCUT2D eigenvalue weighted by Crippen LogP contribution is 2.26. The highest BCUT2D eigenvalue weighted by Gasteiger charge is 2.24. The molecule has 0 aliphatic carbocycles. The van der Waals surface area contributed by atoms with E-state index in [0.29, 0.717) is 0 Å². The number of carbonyl (C=O) groups excluding carboxylic acids is 1. The molecular formula is C27H26N4O. The number of amides is 1. The van der Waals surface area contributed by atoms with Gasteiger partial charge in [-0.1, -0.05) is 48.5 Å². The van der Waals surface area contributed by atoms with Crippen LogP contribution in [0.5, 0.6) is 0 Å². The SMILES string of the molecule is O=C(c1cc(-c2ccncc2)nc2ccccc12)N1CCN(CCc2ccccc2)CC1. The first-order chi connectivity index (χ1) is 15.8. The normalized spacial score (nSPS) is 14.6. The second-order valence-electron chi connectivity index (χ2n) is 8.18. The Morgan fingerprint density at radius 3 is 2.34 bits per heavy atom. The summed E-state index contributed by atoms with van der Waals surface area (Å²) in [4.78, 5) is 26.9. The molecule has 1 fully saturated rings. The van der Waals surface area contributed by atoms with Gasteiger partial charge in [0.05, 0.1) is 16.8 Å². The predicted octanol–water partition coefficient (Wildman–Crippen LogP) is 4.30. The molecule has 5 nitrogen and oxygen atoms in total. The Morgan fingerprint density at radius 2 is 1.56 bits per heavy atom. The standard InChI is InChI=1S/C27H26N4O/c32-27(31-18-16-30(17-19-31)15-12-21-6-2-1-3-7-21)24-20-26(22-10-13-28-14-11-22)29-25-9-5-4-8-23(24)25/h1-11,13-14,20H,12,15-19H2. The molecule has 0 atom stereocenters. The van der Waals surface area contributed by atoms with Crippen molar-refractivity contribution in [3.8, 4) is 11.3 Å². The third-order valence-electron chi connectivity index (χ3n) is 6.14. The molecule has 3 heterocycles. The summed E-state index contributed by atoms with van der Waals surface area (Å²) in [7, 11) is 0. The molecule has 0 N–H and O–H groups in total. The number of nitrogens with zero attached hydrogens (tertiary/aromatic N) is 4. The summed E-state index contributed by atoms with van der Waals surface area (Å²) in [5, 5.41) is 0.904. The first kappa shape index (κ1) is 20.3. The van der Waals surface area contributed by atoms with Gasteiger partial charge in [-0.25, -0.2) is 4.98 Å². The van der Waals surface area contributed by atoms with Gasteiger partial charge in [0.2, 0.25) is 0 Å². The van der Waals surface area contributed by atoms with E-state index in [1.54, 1.807) is 12.4 Å². The fourth-order valence-corrected chi connectivity index (χ4v) is 4.30. The van der Waals surface area contributed by atoms with E-state index in [0.717, 1.165) is 66.9 Å². The number of rotatable bonds is 5. The van der Waals surface area contributed by atoms with Gasteiger partial charge in [0.15, 0.2) is 0 Å². The summed E-state index contributed by atoms with van der Waals surface area (Å²) < 4.78 is 0. The van der Waals surface area contributed by atoms with Crippen LogP contribution in [0.15, 0.2) is 85.2 Å². The summed E-state index contributed by atoms with van der Waals surface area (Å²) >= 11 is 0. The van der Waals surface area contributed by atoms with Crippen molar-refractivity contribution >= 4 is 16.8 Å². The summed E-state index contributed by atoms with van der Waals surface area (Å²) in [6.45, 7) is 4.32. The van der Waals surface area contributed by atoms with Crippen LogP contribution in [0.1, 0.15) is 15.9 Å². The van der Waals surface area contributed by atoms with Crippen molar-refractivity contribution < 1.29 is 4.79 Å². The minimum Gasteiger partial charge on any atom is -0.336 e. The second kappa shape index (κ2) is 9.28. The number of piperazine rings is 1. The van der Waals surface area contributed by atoms with Crippen LogP contribution in [0.2, 0.25) is 0 Å². The molecule has 0 radical (unpaired) electrons. The predicted molar refractivity (Wildman–Crippen MR) is 127 cm³/mol. The van der Waals surface area contributed by atoms with Crippen LogP contribution in [0.25, 0.3) is 22.2 Å². The minimum absolute atomic E-state index is 0.0848. The summed E-state index contributed by atoms with van der Waals surface area (Å²) in [6.07, 6.45) is 4.55. The molecule has 0 bridgehead atoms. The molecule has 5 heteroatoms. The smallest absolute Gasteiger partial charge is 0.254 e. The van der Waals surface area contributed by atoms with Gasteiger partial charge in [-0.2, -0.15) is 0 Å². The van der Waals surface area contributed by atoms with Gasteiger partial charge in [0.25, 0.3) is 5.91 Å². The average Bonchev–Trinajstić information content (AvgIpc) is 2.88. The quantitative estimate of drug-likeness (QED) is 0.481. The van der Waals surface area contributed by atoms with Crippen LogP contribution >= 0.6 is 0 Å². The number of hydrogen-bond acceptors (Lipinski definition) is 4. The Bertz CT molecular complexity index is 1200. The van der Waals surface area contributed by atoms with Gasteiger partial charge in [-0.15, -0.1) is 0 Å². The van der Waals surface area contributed by atoms with E-state index < -0.39 is 0 Å². The molecule has 2 aromatic carbocycles. The maximum atomic E-state index is 13.6. The molecule has 0 saturated carbocycles. The van der Waals surface area contributed by atoms with Gasteiger partial charge < -0.3 is 4.90 Å². The monoisotopic (exact) mass is 422 g/mol. The Kier molecular flexibility index (Phi) is 5.90. The number of aromatic nitrogens is 2. The zero-order valence-electron chi connectivity index (χ0n) is 18.0. The third kappa shape index (κ3) is 4.39. The number of carbonyl (C=O) groups is 1. The lowest BCUT2D eigenvalue weighted by atomic mass is 10.0. The van der Waals surface area contributed by atoms with E-state index in [9.17, 15) is 4.79 Å². The molecule has 160 valence electrons. The summed E-state index contributed by atoms with van der Waals surface area (Å²) in [5.74, 6) is 0.0848. The fourth-order valence-electron chi connectivity index (χ4n) is 4.30. The maximum absolute atomic E-state index is 13.6. The van der Waals surface area contributed by atoms with Crippen LogP contribution in [-0.4, -0.2) is 58.4 Å². The van der Waals surface area contributed by atoms with Crippen molar-refractivity contribution in [1.29, 1.82) is 0 Å². The number of benzene rings is 2. The summed E-state index contributed by atoms with van der Waals surface area (Å²) in [6, 6.07) is 24.3. The minimum atomic E-state index is 0.0848. The van der Waals surface area contributed by atoms with E-state index in [1.165, 1.54) is 5.56 Å². The molecule has 1 saturated heterocycles. The van der Waals surface area contributed by atoms with E-state index >= 15 is 0 Å². The fraction of sp³-hybridized carbons (Fsp3) is 0.222. The molecule has 32 heavy (non-hydrogen) atoms. The highest BCUT2D eigenvalue weighted by molar-refractivity contribution is 6.07. The van der Waals surface area contributed by atoms with Crippen molar-refractivity contribution in [1.82, 2.24) is 19.8 Å². The zero-order chi connectivity index (χ0) is 21.8. The van der Waals surface area contributed by atoms with Crippen molar-refractivity contribution in [3.63, 3.8) is 0 Å². The topological polar surface area (TPSA) is 49.3 Å². The molecule has 0 spiro atoms. The van der Waals surface area contributed by atoms with Crippen LogP contribution < -0.4 is 0 Å². The Balaban J connectivity index is 1.33. The molecule has 5 rings (SSSR count). The van der Waals surface area contributed by atoms with Crippen molar-refractivity contribution in [3.05, 3.63) is 96.3 Å². The van der Waals surface area contributed by atoms with E-state index in [4.69, 9.17) is 4.98 Å². The molecule has 1 amide bonds. The molecular weight excluding hydrogens is 396 g/mol. The van der Waals surface area contributed by atoms with Gasteiger partial charge >= 0.3 is 0 Å². The van der Waals surface area contributed by atoms with Gasteiger partial charge in [0.1, 0.15) is 0 Å². The molecule has 0 unspecified atom stereocenters. The number of pyridine rings is 2. The largest absolute Gasteiger partial charge is 0.336 e. The molecule has 1 aliphatic rings. The lowest BCUT2D eigenvalue weighted by molar-refractivity contribution is 0.0640. The first-order valence-electron chi connectivity index (χ1n) is 11.1. The van der Waals surface area contributed by atoms with Crippen molar-refractivity contribution in [2.45, 2.75) is 6.42 Å². The van der Waals surface area contributed by atoms with Crippen molar-refractivity contribution in [2.24, 2.45) is 0 Å². The Morgan fingerprint density at radius 1 is 0.844 bits per heavy atom. The molecule has 1 aliphatic heterocycles.